The van der Waals surface area contributed by atoms with Gasteiger partial charge in [0.25, 0.3) is 5.88 Å². The number of benzene rings is 1. The van der Waals surface area contributed by atoms with E-state index in [-0.39, 0.29) is 0 Å². The van der Waals surface area contributed by atoms with Crippen LogP contribution in [0.1, 0.15) is 11.4 Å². The van der Waals surface area contributed by atoms with E-state index < -0.39 is 0 Å². The first-order valence-electron chi connectivity index (χ1n) is 6.38. The molecular formula is C14H15N5O. The molecule has 0 amide bonds. The summed E-state index contributed by atoms with van der Waals surface area (Å²) in [5.74, 6) is 1.29. The summed E-state index contributed by atoms with van der Waals surface area (Å²) in [7, 11) is 0. The largest absolute Gasteiger partial charge is 0.475 e. The molecular weight excluding hydrogens is 254 g/mol. The Hall–Kier alpha value is -2.63. The molecule has 6 nitrogen and oxygen atoms in total. The fraction of sp³-hybridized carbons (Fsp3) is 0.214. The molecule has 0 saturated heterocycles. The zero-order valence-electron chi connectivity index (χ0n) is 11.2. The number of aromatic nitrogens is 4. The van der Waals surface area contributed by atoms with Gasteiger partial charge in [-0.1, -0.05) is 18.2 Å². The van der Waals surface area contributed by atoms with Crippen LogP contribution in [0.4, 0.5) is 5.69 Å². The van der Waals surface area contributed by atoms with Gasteiger partial charge in [0.1, 0.15) is 5.82 Å². The zero-order valence-corrected chi connectivity index (χ0v) is 11.2. The molecule has 0 aliphatic carbocycles. The van der Waals surface area contributed by atoms with Crippen molar-refractivity contribution in [3.8, 4) is 5.88 Å². The van der Waals surface area contributed by atoms with E-state index in [1.165, 1.54) is 0 Å². The molecule has 0 saturated carbocycles. The number of fused-ring (bicyclic) bond motifs is 1. The number of hydrogen-bond donors (Lipinski definition) is 1. The van der Waals surface area contributed by atoms with E-state index in [0.29, 0.717) is 18.1 Å². The minimum atomic E-state index is 0.489. The smallest absolute Gasteiger partial charge is 0.260 e. The van der Waals surface area contributed by atoms with Gasteiger partial charge in [-0.05, 0) is 18.6 Å². The highest BCUT2D eigenvalue weighted by molar-refractivity contribution is 5.49. The Balaban J connectivity index is 1.73. The van der Waals surface area contributed by atoms with Gasteiger partial charge in [-0.3, -0.25) is 4.40 Å². The summed E-state index contributed by atoms with van der Waals surface area (Å²) in [5, 5.41) is 8.07. The number of hydrogen-bond acceptors (Lipinski definition) is 5. The second kappa shape index (κ2) is 5.16. The average molecular weight is 269 g/mol. The highest BCUT2D eigenvalue weighted by Crippen LogP contribution is 2.16. The third-order valence-electron chi connectivity index (χ3n) is 3.13. The SMILES string of the molecule is Cc1nnc2c(OCCc3ccccc3N)nccn12. The third kappa shape index (κ3) is 2.27. The second-order valence-electron chi connectivity index (χ2n) is 4.47. The molecule has 0 unspecified atom stereocenters. The molecule has 3 rings (SSSR count). The highest BCUT2D eigenvalue weighted by atomic mass is 16.5. The van der Waals surface area contributed by atoms with E-state index in [4.69, 9.17) is 10.5 Å². The summed E-state index contributed by atoms with van der Waals surface area (Å²) in [6, 6.07) is 7.76. The monoisotopic (exact) mass is 269 g/mol. The average Bonchev–Trinajstić information content (AvgIpc) is 2.84. The Morgan fingerprint density at radius 2 is 2.10 bits per heavy atom. The van der Waals surface area contributed by atoms with Crippen LogP contribution in [-0.4, -0.2) is 26.2 Å². The fourth-order valence-electron chi connectivity index (χ4n) is 2.04. The van der Waals surface area contributed by atoms with Gasteiger partial charge in [0.15, 0.2) is 0 Å². The van der Waals surface area contributed by atoms with Crippen LogP contribution in [0, 0.1) is 6.92 Å². The summed E-state index contributed by atoms with van der Waals surface area (Å²) >= 11 is 0. The van der Waals surface area contributed by atoms with E-state index in [1.54, 1.807) is 6.20 Å². The maximum atomic E-state index is 5.90. The Morgan fingerprint density at radius 3 is 2.95 bits per heavy atom. The molecule has 6 heteroatoms. The van der Waals surface area contributed by atoms with Crippen molar-refractivity contribution >= 4 is 11.3 Å². The molecule has 2 aromatic heterocycles. The van der Waals surface area contributed by atoms with Crippen molar-refractivity contribution in [3.05, 3.63) is 48.0 Å². The van der Waals surface area contributed by atoms with Crippen molar-refractivity contribution in [2.75, 3.05) is 12.3 Å². The highest BCUT2D eigenvalue weighted by Gasteiger charge is 2.08. The quantitative estimate of drug-likeness (QED) is 0.728. The molecule has 0 radical (unpaired) electrons. The molecule has 0 fully saturated rings. The molecule has 2 N–H and O–H groups in total. The van der Waals surface area contributed by atoms with E-state index in [0.717, 1.165) is 23.5 Å². The van der Waals surface area contributed by atoms with Gasteiger partial charge in [0, 0.05) is 24.5 Å². The summed E-state index contributed by atoms with van der Waals surface area (Å²) in [4.78, 5) is 4.20. The predicted molar refractivity (Wildman–Crippen MR) is 75.6 cm³/mol. The van der Waals surface area contributed by atoms with Crippen LogP contribution in [0.5, 0.6) is 5.88 Å². The number of rotatable bonds is 4. The molecule has 0 bridgehead atoms. The summed E-state index contributed by atoms with van der Waals surface area (Å²) in [6.45, 7) is 2.38. The maximum Gasteiger partial charge on any atom is 0.260 e. The number of nitrogens with two attached hydrogens (primary N) is 1. The Kier molecular flexibility index (Phi) is 3.20. The normalized spacial score (nSPS) is 10.8. The Morgan fingerprint density at radius 1 is 1.25 bits per heavy atom. The first-order valence-corrected chi connectivity index (χ1v) is 6.38. The van der Waals surface area contributed by atoms with Gasteiger partial charge in [-0.25, -0.2) is 4.98 Å². The van der Waals surface area contributed by atoms with Crippen molar-refractivity contribution < 1.29 is 4.74 Å². The second-order valence-corrected chi connectivity index (χ2v) is 4.47. The van der Waals surface area contributed by atoms with Gasteiger partial charge in [0.2, 0.25) is 5.65 Å². The molecule has 2 heterocycles. The number of ether oxygens (including phenoxy) is 1. The molecule has 1 aromatic carbocycles. The lowest BCUT2D eigenvalue weighted by Gasteiger charge is -2.07. The lowest BCUT2D eigenvalue weighted by atomic mass is 10.1. The molecule has 0 aliphatic rings. The summed E-state index contributed by atoms with van der Waals surface area (Å²) in [6.07, 6.45) is 4.21. The van der Waals surface area contributed by atoms with Gasteiger partial charge in [-0.15, -0.1) is 10.2 Å². The van der Waals surface area contributed by atoms with Crippen molar-refractivity contribution in [1.29, 1.82) is 0 Å². The van der Waals surface area contributed by atoms with Crippen molar-refractivity contribution in [2.45, 2.75) is 13.3 Å². The van der Waals surface area contributed by atoms with Crippen molar-refractivity contribution in [2.24, 2.45) is 0 Å². The minimum Gasteiger partial charge on any atom is -0.475 e. The first kappa shape index (κ1) is 12.4. The first-order chi connectivity index (χ1) is 9.75. The standard InChI is InChI=1S/C14H15N5O/c1-10-17-18-13-14(16-7-8-19(10)13)20-9-6-11-4-2-3-5-12(11)15/h2-5,7-8H,6,9,15H2,1H3. The van der Waals surface area contributed by atoms with E-state index in [2.05, 4.69) is 15.2 Å². The zero-order chi connectivity index (χ0) is 13.9. The van der Waals surface area contributed by atoms with Crippen LogP contribution < -0.4 is 10.5 Å². The number of aryl methyl sites for hydroxylation is 1. The molecule has 102 valence electrons. The number of nitrogens with zero attached hydrogens (tertiary/aromatic N) is 4. The molecule has 0 spiro atoms. The van der Waals surface area contributed by atoms with Gasteiger partial charge >= 0.3 is 0 Å². The van der Waals surface area contributed by atoms with Crippen LogP contribution in [0.25, 0.3) is 5.65 Å². The van der Waals surface area contributed by atoms with Crippen LogP contribution in [0.15, 0.2) is 36.7 Å². The van der Waals surface area contributed by atoms with Crippen LogP contribution in [0.2, 0.25) is 0 Å². The Labute approximate surface area is 116 Å². The van der Waals surface area contributed by atoms with Gasteiger partial charge in [-0.2, -0.15) is 0 Å². The van der Waals surface area contributed by atoms with Gasteiger partial charge < -0.3 is 10.5 Å². The predicted octanol–water partition coefficient (Wildman–Crippen LogP) is 1.64. The van der Waals surface area contributed by atoms with Gasteiger partial charge in [0.05, 0.1) is 6.61 Å². The summed E-state index contributed by atoms with van der Waals surface area (Å²) in [5.41, 5.74) is 8.37. The maximum absolute atomic E-state index is 5.90. The number of anilines is 1. The Bertz CT molecular complexity index is 737. The third-order valence-corrected chi connectivity index (χ3v) is 3.13. The van der Waals surface area contributed by atoms with E-state index in [1.807, 2.05) is 41.8 Å². The van der Waals surface area contributed by atoms with Crippen LogP contribution in [-0.2, 0) is 6.42 Å². The van der Waals surface area contributed by atoms with E-state index >= 15 is 0 Å². The number of para-hydroxylation sites is 1. The summed E-state index contributed by atoms with van der Waals surface area (Å²) < 4.78 is 7.55. The molecule has 0 atom stereocenters. The molecule has 20 heavy (non-hydrogen) atoms. The lowest BCUT2D eigenvalue weighted by Crippen LogP contribution is -2.06. The number of nitrogen functional groups attached to an aromatic ring is 1. The van der Waals surface area contributed by atoms with E-state index in [9.17, 15) is 0 Å². The minimum absolute atomic E-state index is 0.489. The molecule has 3 aromatic rings. The molecule has 0 aliphatic heterocycles. The van der Waals surface area contributed by atoms with Crippen molar-refractivity contribution in [1.82, 2.24) is 19.6 Å². The van der Waals surface area contributed by atoms with Crippen molar-refractivity contribution in [3.63, 3.8) is 0 Å². The topological polar surface area (TPSA) is 78.3 Å². The van der Waals surface area contributed by atoms with Crippen LogP contribution >= 0.6 is 0 Å². The fourth-order valence-corrected chi connectivity index (χ4v) is 2.04. The lowest BCUT2D eigenvalue weighted by molar-refractivity contribution is 0.311. The van der Waals surface area contributed by atoms with Crippen LogP contribution in [0.3, 0.4) is 0 Å².